The van der Waals surface area contributed by atoms with Gasteiger partial charge in [0.05, 0.1) is 12.7 Å². The fraction of sp³-hybridized carbons (Fsp3) is 0.278. The molecule has 0 aliphatic carbocycles. The van der Waals surface area contributed by atoms with Gasteiger partial charge >= 0.3 is 0 Å². The van der Waals surface area contributed by atoms with Crippen LogP contribution in [0.25, 0.3) is 0 Å². The van der Waals surface area contributed by atoms with Crippen molar-refractivity contribution in [3.05, 3.63) is 58.9 Å². The number of aromatic nitrogens is 1. The van der Waals surface area contributed by atoms with Crippen LogP contribution in [0.5, 0.6) is 5.75 Å². The predicted octanol–water partition coefficient (Wildman–Crippen LogP) is 2.34. The Labute approximate surface area is 151 Å². The second-order valence-corrected chi connectivity index (χ2v) is 6.01. The third kappa shape index (κ3) is 3.74. The van der Waals surface area contributed by atoms with Crippen LogP contribution in [0.15, 0.2) is 42.6 Å². The highest BCUT2D eigenvalue weighted by atomic mass is 35.5. The molecule has 0 radical (unpaired) electrons. The van der Waals surface area contributed by atoms with Crippen molar-refractivity contribution in [1.82, 2.24) is 14.8 Å². The van der Waals surface area contributed by atoms with Gasteiger partial charge in [-0.25, -0.2) is 4.98 Å². The molecule has 1 saturated heterocycles. The number of carbonyl (C=O) groups is 2. The van der Waals surface area contributed by atoms with Crippen LogP contribution in [0.4, 0.5) is 0 Å². The zero-order valence-corrected chi connectivity index (χ0v) is 14.6. The standard InChI is InChI=1S/C18H18ClN3O3/c1-25-14-6-4-13(5-7-14)17(23)21-9-11-22(12-10-21)18(24)15-3-2-8-20-16(15)19/h2-8H,9-12H2,1H3. The van der Waals surface area contributed by atoms with Gasteiger partial charge in [0, 0.05) is 37.9 Å². The van der Waals surface area contributed by atoms with Gasteiger partial charge in [-0.1, -0.05) is 11.6 Å². The van der Waals surface area contributed by atoms with Crippen molar-refractivity contribution >= 4 is 23.4 Å². The molecule has 0 spiro atoms. The van der Waals surface area contributed by atoms with Crippen LogP contribution in [0.2, 0.25) is 5.15 Å². The van der Waals surface area contributed by atoms with Crippen LogP contribution >= 0.6 is 11.6 Å². The van der Waals surface area contributed by atoms with Gasteiger partial charge in [0.25, 0.3) is 11.8 Å². The first-order valence-electron chi connectivity index (χ1n) is 7.93. The third-order valence-electron chi connectivity index (χ3n) is 4.18. The third-order valence-corrected chi connectivity index (χ3v) is 4.48. The van der Waals surface area contributed by atoms with E-state index in [1.165, 1.54) is 0 Å². The molecule has 1 aliphatic heterocycles. The molecule has 0 bridgehead atoms. The molecule has 1 aromatic heterocycles. The van der Waals surface area contributed by atoms with E-state index in [1.54, 1.807) is 59.5 Å². The van der Waals surface area contributed by atoms with Crippen LogP contribution in [0.3, 0.4) is 0 Å². The van der Waals surface area contributed by atoms with Gasteiger partial charge in [0.2, 0.25) is 0 Å². The Morgan fingerprint density at radius 3 is 2.16 bits per heavy atom. The Bertz CT molecular complexity index is 771. The zero-order chi connectivity index (χ0) is 17.8. The van der Waals surface area contributed by atoms with E-state index in [2.05, 4.69) is 4.98 Å². The first-order chi connectivity index (χ1) is 12.1. The molecule has 0 atom stereocenters. The van der Waals surface area contributed by atoms with E-state index in [9.17, 15) is 9.59 Å². The van der Waals surface area contributed by atoms with Gasteiger partial charge < -0.3 is 14.5 Å². The molecule has 0 saturated carbocycles. The summed E-state index contributed by atoms with van der Waals surface area (Å²) in [7, 11) is 1.58. The number of nitrogens with zero attached hydrogens (tertiary/aromatic N) is 3. The van der Waals surface area contributed by atoms with Crippen molar-refractivity contribution in [3.63, 3.8) is 0 Å². The van der Waals surface area contributed by atoms with Crippen molar-refractivity contribution in [2.75, 3.05) is 33.3 Å². The lowest BCUT2D eigenvalue weighted by Crippen LogP contribution is -2.50. The number of ether oxygens (including phenoxy) is 1. The van der Waals surface area contributed by atoms with Crippen LogP contribution in [0.1, 0.15) is 20.7 Å². The molecular formula is C18H18ClN3O3. The molecule has 130 valence electrons. The second kappa shape index (κ2) is 7.53. The lowest BCUT2D eigenvalue weighted by Gasteiger charge is -2.35. The number of carbonyl (C=O) groups excluding carboxylic acids is 2. The van der Waals surface area contributed by atoms with E-state index in [4.69, 9.17) is 16.3 Å². The molecule has 2 aromatic rings. The Balaban J connectivity index is 1.62. The van der Waals surface area contributed by atoms with Gasteiger partial charge in [0.1, 0.15) is 10.9 Å². The smallest absolute Gasteiger partial charge is 0.257 e. The average molecular weight is 360 g/mol. The highest BCUT2D eigenvalue weighted by Crippen LogP contribution is 2.17. The lowest BCUT2D eigenvalue weighted by atomic mass is 10.1. The summed E-state index contributed by atoms with van der Waals surface area (Å²) >= 11 is 5.99. The number of rotatable bonds is 3. The highest BCUT2D eigenvalue weighted by Gasteiger charge is 2.26. The van der Waals surface area contributed by atoms with Gasteiger partial charge in [-0.2, -0.15) is 0 Å². The van der Waals surface area contributed by atoms with Crippen molar-refractivity contribution in [1.29, 1.82) is 0 Å². The molecule has 2 heterocycles. The van der Waals surface area contributed by atoms with E-state index in [1.807, 2.05) is 0 Å². The molecule has 3 rings (SSSR count). The number of hydrogen-bond donors (Lipinski definition) is 0. The molecule has 6 nitrogen and oxygen atoms in total. The summed E-state index contributed by atoms with van der Waals surface area (Å²) < 4.78 is 5.10. The molecule has 7 heteroatoms. The number of benzene rings is 1. The molecule has 0 unspecified atom stereocenters. The van der Waals surface area contributed by atoms with Crippen molar-refractivity contribution < 1.29 is 14.3 Å². The highest BCUT2D eigenvalue weighted by molar-refractivity contribution is 6.32. The molecule has 0 N–H and O–H groups in total. The van der Waals surface area contributed by atoms with Crippen LogP contribution in [0, 0.1) is 0 Å². The molecule has 2 amide bonds. The summed E-state index contributed by atoms with van der Waals surface area (Å²) in [5.74, 6) is 0.504. The zero-order valence-electron chi connectivity index (χ0n) is 13.8. The van der Waals surface area contributed by atoms with Crippen LogP contribution in [-0.4, -0.2) is 59.9 Å². The summed E-state index contributed by atoms with van der Waals surface area (Å²) in [4.78, 5) is 32.4. The number of halogens is 1. The maximum Gasteiger partial charge on any atom is 0.257 e. The van der Waals surface area contributed by atoms with E-state index in [0.29, 0.717) is 43.1 Å². The van der Waals surface area contributed by atoms with Crippen molar-refractivity contribution in [3.8, 4) is 5.75 Å². The minimum Gasteiger partial charge on any atom is -0.497 e. The Kier molecular flexibility index (Phi) is 5.19. The van der Waals surface area contributed by atoms with Gasteiger partial charge in [-0.05, 0) is 36.4 Å². The molecule has 1 aliphatic rings. The first kappa shape index (κ1) is 17.2. The number of pyridine rings is 1. The SMILES string of the molecule is COc1ccc(C(=O)N2CCN(C(=O)c3cccnc3Cl)CC2)cc1. The normalized spacial score (nSPS) is 14.3. The minimum absolute atomic E-state index is 0.0471. The fourth-order valence-corrected chi connectivity index (χ4v) is 2.94. The Morgan fingerprint density at radius 1 is 1.00 bits per heavy atom. The maximum absolute atomic E-state index is 12.6. The van der Waals surface area contributed by atoms with E-state index < -0.39 is 0 Å². The van der Waals surface area contributed by atoms with E-state index in [0.717, 1.165) is 0 Å². The average Bonchev–Trinajstić information content (AvgIpc) is 2.67. The molecule has 1 fully saturated rings. The monoisotopic (exact) mass is 359 g/mol. The Morgan fingerprint density at radius 2 is 1.60 bits per heavy atom. The van der Waals surface area contributed by atoms with Crippen LogP contribution < -0.4 is 4.74 Å². The van der Waals surface area contributed by atoms with Gasteiger partial charge in [-0.3, -0.25) is 9.59 Å². The fourth-order valence-electron chi connectivity index (χ4n) is 2.74. The molecular weight excluding hydrogens is 342 g/mol. The number of piperazine rings is 1. The first-order valence-corrected chi connectivity index (χ1v) is 8.31. The van der Waals surface area contributed by atoms with Crippen molar-refractivity contribution in [2.45, 2.75) is 0 Å². The number of methoxy groups -OCH3 is 1. The number of amides is 2. The van der Waals surface area contributed by atoms with E-state index >= 15 is 0 Å². The number of hydrogen-bond acceptors (Lipinski definition) is 4. The maximum atomic E-state index is 12.6. The summed E-state index contributed by atoms with van der Waals surface area (Å²) in [6.07, 6.45) is 1.55. The Hall–Kier alpha value is -2.60. The summed E-state index contributed by atoms with van der Waals surface area (Å²) in [5.41, 5.74) is 0.995. The topological polar surface area (TPSA) is 62.7 Å². The summed E-state index contributed by atoms with van der Waals surface area (Å²) in [6, 6.07) is 10.4. The summed E-state index contributed by atoms with van der Waals surface area (Å²) in [6.45, 7) is 1.89. The quantitative estimate of drug-likeness (QED) is 0.789. The van der Waals surface area contributed by atoms with Crippen molar-refractivity contribution in [2.24, 2.45) is 0 Å². The molecule has 1 aromatic carbocycles. The van der Waals surface area contributed by atoms with Gasteiger partial charge in [0.15, 0.2) is 0 Å². The second-order valence-electron chi connectivity index (χ2n) is 5.65. The lowest BCUT2D eigenvalue weighted by molar-refractivity contribution is 0.0535. The summed E-state index contributed by atoms with van der Waals surface area (Å²) in [5, 5.41) is 0.198. The van der Waals surface area contributed by atoms with E-state index in [-0.39, 0.29) is 17.0 Å². The van der Waals surface area contributed by atoms with Crippen LogP contribution in [-0.2, 0) is 0 Å². The largest absolute Gasteiger partial charge is 0.497 e. The minimum atomic E-state index is -0.158. The predicted molar refractivity (Wildman–Crippen MR) is 94.0 cm³/mol. The molecule has 25 heavy (non-hydrogen) atoms. The van der Waals surface area contributed by atoms with Gasteiger partial charge in [-0.15, -0.1) is 0 Å².